The summed E-state index contributed by atoms with van der Waals surface area (Å²) in [7, 11) is 1.58. The first kappa shape index (κ1) is 15.5. The molecule has 0 saturated heterocycles. The Hall–Kier alpha value is -1.92. The predicted molar refractivity (Wildman–Crippen MR) is 75.5 cm³/mol. The molecule has 1 aromatic rings. The molecule has 3 unspecified atom stereocenters. The Balaban J connectivity index is 1.99. The molecule has 3 atom stereocenters. The van der Waals surface area contributed by atoms with Crippen molar-refractivity contribution in [1.82, 2.24) is 5.32 Å². The van der Waals surface area contributed by atoms with Crippen LogP contribution in [0.2, 0.25) is 0 Å². The summed E-state index contributed by atoms with van der Waals surface area (Å²) in [4.78, 5) is 23.1. The maximum absolute atomic E-state index is 12.1. The standard InChI is InChI=1S/C15H19NO5/c1-3-21-12-8-11(13(12)20-2)16-14(17)9-5-4-6-10(7-9)15(18)19/h4-7,11-13H,3,8H2,1-2H3,(H,16,17)(H,18,19). The average molecular weight is 293 g/mol. The second-order valence-corrected chi connectivity index (χ2v) is 4.90. The second kappa shape index (κ2) is 6.69. The lowest BCUT2D eigenvalue weighted by Crippen LogP contribution is -2.61. The number of aromatic carboxylic acids is 1. The summed E-state index contributed by atoms with van der Waals surface area (Å²) >= 11 is 0. The summed E-state index contributed by atoms with van der Waals surface area (Å²) in [5.74, 6) is -1.36. The molecule has 6 heteroatoms. The van der Waals surface area contributed by atoms with Crippen LogP contribution in [0.15, 0.2) is 24.3 Å². The van der Waals surface area contributed by atoms with Gasteiger partial charge in [-0.05, 0) is 31.5 Å². The first-order valence-corrected chi connectivity index (χ1v) is 6.85. The first-order chi connectivity index (χ1) is 10.1. The van der Waals surface area contributed by atoms with Gasteiger partial charge in [0.1, 0.15) is 6.10 Å². The third kappa shape index (κ3) is 3.40. The minimum Gasteiger partial charge on any atom is -0.478 e. The number of methoxy groups -OCH3 is 1. The fourth-order valence-corrected chi connectivity index (χ4v) is 2.46. The van der Waals surface area contributed by atoms with Gasteiger partial charge in [-0.3, -0.25) is 4.79 Å². The van der Waals surface area contributed by atoms with Crippen molar-refractivity contribution < 1.29 is 24.2 Å². The number of hydrogen-bond acceptors (Lipinski definition) is 4. The minimum absolute atomic E-state index is 0.00402. The third-order valence-corrected chi connectivity index (χ3v) is 3.59. The number of carboxylic acid groups (broad SMARTS) is 1. The zero-order valence-corrected chi connectivity index (χ0v) is 12.0. The maximum Gasteiger partial charge on any atom is 0.335 e. The molecule has 1 amide bonds. The van der Waals surface area contributed by atoms with Gasteiger partial charge in [0.25, 0.3) is 5.91 Å². The SMILES string of the molecule is CCOC1CC(NC(=O)c2cccc(C(=O)O)c2)C1OC. The summed E-state index contributed by atoms with van der Waals surface area (Å²) in [6.07, 6.45) is 0.517. The van der Waals surface area contributed by atoms with Crippen LogP contribution in [-0.2, 0) is 9.47 Å². The smallest absolute Gasteiger partial charge is 0.335 e. The van der Waals surface area contributed by atoms with Gasteiger partial charge in [-0.15, -0.1) is 0 Å². The Labute approximate surface area is 123 Å². The Bertz CT molecular complexity index is 531. The highest BCUT2D eigenvalue weighted by Gasteiger charge is 2.43. The van der Waals surface area contributed by atoms with Crippen molar-refractivity contribution in [1.29, 1.82) is 0 Å². The lowest BCUT2D eigenvalue weighted by Gasteiger charge is -2.43. The molecule has 0 aliphatic heterocycles. The topological polar surface area (TPSA) is 84.9 Å². The van der Waals surface area contributed by atoms with E-state index in [0.29, 0.717) is 18.6 Å². The second-order valence-electron chi connectivity index (χ2n) is 4.90. The van der Waals surface area contributed by atoms with Crippen LogP contribution in [0.1, 0.15) is 34.1 Å². The van der Waals surface area contributed by atoms with Crippen LogP contribution >= 0.6 is 0 Å². The number of ether oxygens (including phenoxy) is 2. The van der Waals surface area contributed by atoms with Gasteiger partial charge in [-0.25, -0.2) is 4.79 Å². The van der Waals surface area contributed by atoms with E-state index in [0.717, 1.165) is 0 Å². The Kier molecular flexibility index (Phi) is 4.93. The van der Waals surface area contributed by atoms with Crippen molar-refractivity contribution >= 4 is 11.9 Å². The van der Waals surface area contributed by atoms with Crippen molar-refractivity contribution in [2.75, 3.05) is 13.7 Å². The van der Waals surface area contributed by atoms with Crippen molar-refractivity contribution in [2.45, 2.75) is 31.6 Å². The van der Waals surface area contributed by atoms with Crippen LogP contribution in [0.25, 0.3) is 0 Å². The molecule has 1 fully saturated rings. The van der Waals surface area contributed by atoms with Crippen molar-refractivity contribution in [3.63, 3.8) is 0 Å². The van der Waals surface area contributed by atoms with Gasteiger partial charge in [0.05, 0.1) is 17.7 Å². The molecule has 0 spiro atoms. The van der Waals surface area contributed by atoms with E-state index in [4.69, 9.17) is 14.6 Å². The van der Waals surface area contributed by atoms with E-state index >= 15 is 0 Å². The van der Waals surface area contributed by atoms with Gasteiger partial charge >= 0.3 is 5.97 Å². The highest BCUT2D eigenvalue weighted by molar-refractivity contribution is 5.97. The highest BCUT2D eigenvalue weighted by atomic mass is 16.5. The van der Waals surface area contributed by atoms with Crippen molar-refractivity contribution in [3.8, 4) is 0 Å². The predicted octanol–water partition coefficient (Wildman–Crippen LogP) is 1.31. The molecule has 0 bridgehead atoms. The highest BCUT2D eigenvalue weighted by Crippen LogP contribution is 2.27. The monoisotopic (exact) mass is 293 g/mol. The Morgan fingerprint density at radius 3 is 2.71 bits per heavy atom. The quantitative estimate of drug-likeness (QED) is 0.826. The van der Waals surface area contributed by atoms with Crippen LogP contribution in [-0.4, -0.2) is 48.9 Å². The zero-order chi connectivity index (χ0) is 15.4. The maximum atomic E-state index is 12.1. The zero-order valence-electron chi connectivity index (χ0n) is 12.0. The number of nitrogens with one attached hydrogen (secondary N) is 1. The number of carboxylic acids is 1. The van der Waals surface area contributed by atoms with Gasteiger partial charge in [0, 0.05) is 19.3 Å². The van der Waals surface area contributed by atoms with Crippen LogP contribution in [0.5, 0.6) is 0 Å². The van der Waals surface area contributed by atoms with E-state index in [9.17, 15) is 9.59 Å². The normalized spacial score (nSPS) is 24.2. The number of benzene rings is 1. The molecule has 0 heterocycles. The van der Waals surface area contributed by atoms with Gasteiger partial charge in [-0.1, -0.05) is 6.07 Å². The largest absolute Gasteiger partial charge is 0.478 e. The van der Waals surface area contributed by atoms with Crippen LogP contribution in [0.4, 0.5) is 0 Å². The molecule has 1 aliphatic rings. The van der Waals surface area contributed by atoms with Crippen molar-refractivity contribution in [2.24, 2.45) is 0 Å². The number of hydrogen-bond donors (Lipinski definition) is 2. The minimum atomic E-state index is -1.06. The fourth-order valence-electron chi connectivity index (χ4n) is 2.46. The fraction of sp³-hybridized carbons (Fsp3) is 0.467. The Morgan fingerprint density at radius 2 is 2.10 bits per heavy atom. The number of amides is 1. The summed E-state index contributed by atoms with van der Waals surface area (Å²) in [5, 5.41) is 11.8. The molecule has 0 radical (unpaired) electrons. The van der Waals surface area contributed by atoms with E-state index in [-0.39, 0.29) is 29.7 Å². The molecule has 0 aromatic heterocycles. The van der Waals surface area contributed by atoms with Gasteiger partial charge in [0.2, 0.25) is 0 Å². The number of carbonyl (C=O) groups excluding carboxylic acids is 1. The lowest BCUT2D eigenvalue weighted by molar-refractivity contribution is -0.128. The van der Waals surface area contributed by atoms with Gasteiger partial charge in [-0.2, -0.15) is 0 Å². The molecule has 114 valence electrons. The average Bonchev–Trinajstić information content (AvgIpc) is 2.46. The molecule has 2 N–H and O–H groups in total. The molecule has 21 heavy (non-hydrogen) atoms. The molecule has 6 nitrogen and oxygen atoms in total. The van der Waals surface area contributed by atoms with E-state index < -0.39 is 5.97 Å². The third-order valence-electron chi connectivity index (χ3n) is 3.59. The van der Waals surface area contributed by atoms with Crippen LogP contribution < -0.4 is 5.32 Å². The first-order valence-electron chi connectivity index (χ1n) is 6.85. The summed E-state index contributed by atoms with van der Waals surface area (Å²) in [5.41, 5.74) is 0.413. The van der Waals surface area contributed by atoms with Gasteiger partial charge < -0.3 is 19.9 Å². The summed E-state index contributed by atoms with van der Waals surface area (Å²) in [6, 6.07) is 5.83. The van der Waals surface area contributed by atoms with Crippen LogP contribution in [0, 0.1) is 0 Å². The number of carbonyl (C=O) groups is 2. The van der Waals surface area contributed by atoms with E-state index in [1.807, 2.05) is 6.92 Å². The van der Waals surface area contributed by atoms with Crippen molar-refractivity contribution in [3.05, 3.63) is 35.4 Å². The Morgan fingerprint density at radius 1 is 1.38 bits per heavy atom. The molecular weight excluding hydrogens is 274 g/mol. The number of rotatable bonds is 6. The van der Waals surface area contributed by atoms with E-state index in [2.05, 4.69) is 5.32 Å². The van der Waals surface area contributed by atoms with Crippen LogP contribution in [0.3, 0.4) is 0 Å². The van der Waals surface area contributed by atoms with Gasteiger partial charge in [0.15, 0.2) is 0 Å². The molecule has 2 rings (SSSR count). The molecule has 1 aliphatic carbocycles. The van der Waals surface area contributed by atoms with E-state index in [1.165, 1.54) is 12.1 Å². The lowest BCUT2D eigenvalue weighted by atomic mass is 9.85. The van der Waals surface area contributed by atoms with E-state index in [1.54, 1.807) is 19.2 Å². The summed E-state index contributed by atoms with van der Waals surface area (Å²) in [6.45, 7) is 2.52. The molecular formula is C15H19NO5. The molecule has 1 saturated carbocycles. The molecule has 1 aromatic carbocycles. The summed E-state index contributed by atoms with van der Waals surface area (Å²) < 4.78 is 10.8.